The van der Waals surface area contributed by atoms with Crippen LogP contribution in [0.2, 0.25) is 0 Å². The van der Waals surface area contributed by atoms with Gasteiger partial charge in [0, 0.05) is 60.8 Å². The number of ketones is 1. The Morgan fingerprint density at radius 1 is 1.00 bits per heavy atom. The van der Waals surface area contributed by atoms with Crippen LogP contribution in [-0.4, -0.2) is 58.4 Å². The molecule has 168 valence electrons. The first kappa shape index (κ1) is 21.3. The number of nitrogens with zero attached hydrogens (tertiary/aromatic N) is 5. The van der Waals surface area contributed by atoms with Crippen LogP contribution in [0.25, 0.3) is 22.1 Å². The molecule has 0 atom stereocenters. The fourth-order valence-corrected chi connectivity index (χ4v) is 4.34. The van der Waals surface area contributed by atoms with Gasteiger partial charge in [0.15, 0.2) is 17.9 Å². The number of carbonyl (C=O) groups excluding carboxylic acids is 1. The predicted molar refractivity (Wildman–Crippen MR) is 128 cm³/mol. The molecule has 3 aromatic heterocycles. The van der Waals surface area contributed by atoms with Crippen LogP contribution in [0.1, 0.15) is 29.4 Å². The van der Waals surface area contributed by atoms with E-state index in [4.69, 9.17) is 4.42 Å². The van der Waals surface area contributed by atoms with Gasteiger partial charge in [-0.1, -0.05) is 19.1 Å². The number of hydrogen-bond acceptors (Lipinski definition) is 7. The maximum absolute atomic E-state index is 13.1. The van der Waals surface area contributed by atoms with Crippen LogP contribution in [-0.2, 0) is 6.42 Å². The predicted octanol–water partition coefficient (Wildman–Crippen LogP) is 4.24. The molecule has 0 N–H and O–H groups in total. The Balaban J connectivity index is 1.31. The van der Waals surface area contributed by atoms with Crippen molar-refractivity contribution in [3.8, 4) is 11.3 Å². The van der Waals surface area contributed by atoms with Crippen LogP contribution in [0.3, 0.4) is 0 Å². The lowest BCUT2D eigenvalue weighted by Crippen LogP contribution is -2.46. The average molecular weight is 442 g/mol. The zero-order valence-electron chi connectivity index (χ0n) is 18.8. The van der Waals surface area contributed by atoms with Crippen LogP contribution >= 0.6 is 0 Å². The van der Waals surface area contributed by atoms with Gasteiger partial charge in [-0.05, 0) is 42.6 Å². The van der Waals surface area contributed by atoms with Gasteiger partial charge in [-0.15, -0.1) is 0 Å². The highest BCUT2D eigenvalue weighted by Gasteiger charge is 2.18. The number of benzene rings is 1. The van der Waals surface area contributed by atoms with Crippen molar-refractivity contribution in [2.45, 2.75) is 19.8 Å². The van der Waals surface area contributed by atoms with Gasteiger partial charge in [0.25, 0.3) is 0 Å². The molecule has 7 nitrogen and oxygen atoms in total. The summed E-state index contributed by atoms with van der Waals surface area (Å²) in [6.45, 7) is 7.28. The maximum atomic E-state index is 13.1. The molecule has 4 heterocycles. The molecular weight excluding hydrogens is 414 g/mol. The Morgan fingerprint density at radius 3 is 2.67 bits per heavy atom. The molecule has 1 fully saturated rings. The fraction of sp³-hybridized carbons (Fsp3) is 0.308. The summed E-state index contributed by atoms with van der Waals surface area (Å²) >= 11 is 0. The molecular formula is C26H27N5O2. The topological polar surface area (TPSA) is 75.4 Å². The van der Waals surface area contributed by atoms with Crippen molar-refractivity contribution in [3.63, 3.8) is 0 Å². The number of carbonyl (C=O) groups is 1. The van der Waals surface area contributed by atoms with Crippen molar-refractivity contribution in [1.29, 1.82) is 0 Å². The fourth-order valence-electron chi connectivity index (χ4n) is 4.34. The first-order valence-corrected chi connectivity index (χ1v) is 11.4. The Bertz CT molecular complexity index is 1250. The standard InChI is InChI=1S/C26H27N5O2/c1-2-7-30-8-10-31(11-9-30)26-14-19(5-6-28-26)24(32)15-23-13-22-12-20(25-17-27-18-33-25)3-4-21(22)16-29-23/h3-6,12-14,16-18H,2,7-11,15H2,1H3. The molecule has 0 saturated carbocycles. The SMILES string of the molecule is CCCN1CCN(c2cc(C(=O)Cc3cc4cc(-c5cnco5)ccc4cn3)ccn2)CC1. The lowest BCUT2D eigenvalue weighted by molar-refractivity contribution is 0.0992. The van der Waals surface area contributed by atoms with Gasteiger partial charge in [0.05, 0.1) is 12.6 Å². The molecule has 5 rings (SSSR count). The average Bonchev–Trinajstić information content (AvgIpc) is 3.39. The van der Waals surface area contributed by atoms with Crippen molar-refractivity contribution in [3.05, 3.63) is 72.6 Å². The van der Waals surface area contributed by atoms with E-state index >= 15 is 0 Å². The molecule has 0 spiro atoms. The normalized spacial score (nSPS) is 14.6. The van der Waals surface area contributed by atoms with Crippen molar-refractivity contribution in [1.82, 2.24) is 19.9 Å². The highest BCUT2D eigenvalue weighted by atomic mass is 16.3. The van der Waals surface area contributed by atoms with E-state index < -0.39 is 0 Å². The highest BCUT2D eigenvalue weighted by Crippen LogP contribution is 2.25. The largest absolute Gasteiger partial charge is 0.444 e. The summed E-state index contributed by atoms with van der Waals surface area (Å²) in [6, 6.07) is 11.7. The number of pyridine rings is 2. The number of piperazine rings is 1. The molecule has 1 aromatic carbocycles. The first-order chi connectivity index (χ1) is 16.2. The minimum atomic E-state index is 0.0431. The molecule has 33 heavy (non-hydrogen) atoms. The molecule has 1 aliphatic rings. The van der Waals surface area contributed by atoms with E-state index in [1.807, 2.05) is 36.5 Å². The second-order valence-corrected chi connectivity index (χ2v) is 8.43. The second kappa shape index (κ2) is 9.50. The van der Waals surface area contributed by atoms with E-state index in [1.165, 1.54) is 12.8 Å². The van der Waals surface area contributed by atoms with Gasteiger partial charge >= 0.3 is 0 Å². The molecule has 0 radical (unpaired) electrons. The van der Waals surface area contributed by atoms with Crippen LogP contribution in [0.4, 0.5) is 5.82 Å². The minimum absolute atomic E-state index is 0.0431. The Hall–Kier alpha value is -3.58. The van der Waals surface area contributed by atoms with Gasteiger partial charge in [-0.2, -0.15) is 0 Å². The summed E-state index contributed by atoms with van der Waals surface area (Å²) in [6.07, 6.45) is 8.08. The molecule has 1 aliphatic heterocycles. The molecule has 7 heteroatoms. The van der Waals surface area contributed by atoms with Gasteiger partial charge in [0.2, 0.25) is 0 Å². The third kappa shape index (κ3) is 4.78. The number of hydrogen-bond donors (Lipinski definition) is 0. The molecule has 0 aliphatic carbocycles. The van der Waals surface area contributed by atoms with Gasteiger partial charge < -0.3 is 9.32 Å². The van der Waals surface area contributed by atoms with E-state index in [0.29, 0.717) is 11.3 Å². The molecule has 0 bridgehead atoms. The number of oxazole rings is 1. The third-order valence-electron chi connectivity index (χ3n) is 6.14. The van der Waals surface area contributed by atoms with Crippen LogP contribution in [0.5, 0.6) is 0 Å². The lowest BCUT2D eigenvalue weighted by Gasteiger charge is -2.35. The van der Waals surface area contributed by atoms with Crippen molar-refractivity contribution < 1.29 is 9.21 Å². The van der Waals surface area contributed by atoms with Gasteiger partial charge in [0.1, 0.15) is 5.82 Å². The van der Waals surface area contributed by atoms with E-state index in [-0.39, 0.29) is 12.2 Å². The molecule has 4 aromatic rings. The second-order valence-electron chi connectivity index (χ2n) is 8.43. The van der Waals surface area contributed by atoms with Crippen LogP contribution in [0, 0.1) is 0 Å². The summed E-state index contributed by atoms with van der Waals surface area (Å²) in [5, 5.41) is 2.03. The molecule has 0 unspecified atom stereocenters. The zero-order chi connectivity index (χ0) is 22.6. The smallest absolute Gasteiger partial charge is 0.181 e. The van der Waals surface area contributed by atoms with Crippen molar-refractivity contribution in [2.24, 2.45) is 0 Å². The Kier molecular flexibility index (Phi) is 6.13. The summed E-state index contributed by atoms with van der Waals surface area (Å²) in [4.78, 5) is 30.8. The first-order valence-electron chi connectivity index (χ1n) is 11.4. The third-order valence-corrected chi connectivity index (χ3v) is 6.14. The number of fused-ring (bicyclic) bond motifs is 1. The summed E-state index contributed by atoms with van der Waals surface area (Å²) in [5.74, 6) is 1.63. The van der Waals surface area contributed by atoms with Gasteiger partial charge in [-0.3, -0.25) is 14.7 Å². The monoisotopic (exact) mass is 441 g/mol. The molecule has 1 saturated heterocycles. The van der Waals surface area contributed by atoms with E-state index in [1.54, 1.807) is 18.5 Å². The van der Waals surface area contributed by atoms with Gasteiger partial charge in [-0.25, -0.2) is 9.97 Å². The summed E-state index contributed by atoms with van der Waals surface area (Å²) in [5.41, 5.74) is 2.36. The summed E-state index contributed by atoms with van der Waals surface area (Å²) < 4.78 is 5.41. The van der Waals surface area contributed by atoms with Crippen molar-refractivity contribution >= 4 is 22.4 Å². The summed E-state index contributed by atoms with van der Waals surface area (Å²) in [7, 11) is 0. The number of anilines is 1. The Labute approximate surface area is 193 Å². The maximum Gasteiger partial charge on any atom is 0.181 e. The minimum Gasteiger partial charge on any atom is -0.444 e. The van der Waals surface area contributed by atoms with Crippen LogP contribution < -0.4 is 4.90 Å². The van der Waals surface area contributed by atoms with Crippen molar-refractivity contribution in [2.75, 3.05) is 37.6 Å². The number of aromatic nitrogens is 3. The lowest BCUT2D eigenvalue weighted by atomic mass is 10.0. The quantitative estimate of drug-likeness (QED) is 0.397. The van der Waals surface area contributed by atoms with E-state index in [2.05, 4.69) is 31.7 Å². The highest BCUT2D eigenvalue weighted by molar-refractivity contribution is 5.98. The zero-order valence-corrected chi connectivity index (χ0v) is 18.8. The number of rotatable bonds is 7. The molecule has 0 amide bonds. The van der Waals surface area contributed by atoms with E-state index in [0.717, 1.165) is 60.6 Å². The Morgan fingerprint density at radius 2 is 1.88 bits per heavy atom. The van der Waals surface area contributed by atoms with E-state index in [9.17, 15) is 4.79 Å². The number of Topliss-reactive ketones (excluding diaryl/α,β-unsaturated/α-hetero) is 1. The van der Waals surface area contributed by atoms with Crippen LogP contribution in [0.15, 0.2) is 65.8 Å².